The first-order valence-electron chi connectivity index (χ1n) is 5.00. The lowest BCUT2D eigenvalue weighted by atomic mass is 10.1. The molecule has 0 saturated heterocycles. The fourth-order valence-corrected chi connectivity index (χ4v) is 2.99. The monoisotopic (exact) mass is 287 g/mol. The Kier molecular flexibility index (Phi) is 4.80. The van der Waals surface area contributed by atoms with Crippen molar-refractivity contribution in [2.75, 3.05) is 18.6 Å². The minimum absolute atomic E-state index is 0.145. The number of thiocarbonyl (C=S) groups is 1. The molecule has 18 heavy (non-hydrogen) atoms. The van der Waals surface area contributed by atoms with Crippen LogP contribution in [0.5, 0.6) is 5.75 Å². The molecular weight excluding hydrogens is 274 g/mol. The van der Waals surface area contributed by atoms with E-state index in [2.05, 4.69) is 12.2 Å². The van der Waals surface area contributed by atoms with Gasteiger partial charge in [0.25, 0.3) is 0 Å². The SMILES string of the molecule is COc1cccc(C(=O)CS(=O)(=O)CC(N)=S)c1. The average Bonchev–Trinajstić information content (AvgIpc) is 2.26. The fourth-order valence-electron chi connectivity index (χ4n) is 1.35. The quantitative estimate of drug-likeness (QED) is 0.608. The molecule has 1 rings (SSSR count). The molecule has 7 heteroatoms. The van der Waals surface area contributed by atoms with Crippen LogP contribution in [0.2, 0.25) is 0 Å². The van der Waals surface area contributed by atoms with Crippen LogP contribution in [-0.2, 0) is 9.84 Å². The molecule has 0 aliphatic heterocycles. The lowest BCUT2D eigenvalue weighted by molar-refractivity contribution is 0.102. The number of carbonyl (C=O) groups is 1. The molecule has 5 nitrogen and oxygen atoms in total. The van der Waals surface area contributed by atoms with Crippen LogP contribution in [0.15, 0.2) is 24.3 Å². The second kappa shape index (κ2) is 5.92. The van der Waals surface area contributed by atoms with E-state index in [0.717, 1.165) is 0 Å². The summed E-state index contributed by atoms with van der Waals surface area (Å²) in [5.74, 6) is -1.09. The van der Waals surface area contributed by atoms with E-state index in [1.165, 1.54) is 19.2 Å². The third-order valence-corrected chi connectivity index (χ3v) is 3.88. The Morgan fingerprint density at radius 3 is 2.61 bits per heavy atom. The Balaban J connectivity index is 2.85. The van der Waals surface area contributed by atoms with Crippen molar-refractivity contribution in [3.63, 3.8) is 0 Å². The largest absolute Gasteiger partial charge is 0.497 e. The molecule has 0 spiro atoms. The zero-order valence-corrected chi connectivity index (χ0v) is 11.4. The van der Waals surface area contributed by atoms with Crippen LogP contribution in [0.3, 0.4) is 0 Å². The molecule has 1 aromatic rings. The average molecular weight is 287 g/mol. The van der Waals surface area contributed by atoms with E-state index in [-0.39, 0.29) is 10.6 Å². The van der Waals surface area contributed by atoms with Gasteiger partial charge in [0, 0.05) is 5.56 Å². The Morgan fingerprint density at radius 2 is 2.06 bits per heavy atom. The number of benzene rings is 1. The highest BCUT2D eigenvalue weighted by Gasteiger charge is 2.19. The molecular formula is C11H13NO4S2. The maximum Gasteiger partial charge on any atom is 0.178 e. The van der Waals surface area contributed by atoms with Crippen molar-refractivity contribution in [3.8, 4) is 5.75 Å². The van der Waals surface area contributed by atoms with Crippen molar-refractivity contribution in [1.82, 2.24) is 0 Å². The first kappa shape index (κ1) is 14.6. The summed E-state index contributed by atoms with van der Waals surface area (Å²) in [6.45, 7) is 0. The molecule has 0 heterocycles. The summed E-state index contributed by atoms with van der Waals surface area (Å²) < 4.78 is 28.1. The van der Waals surface area contributed by atoms with Crippen LogP contribution in [0.4, 0.5) is 0 Å². The standard InChI is InChI=1S/C11H13NO4S2/c1-16-9-4-2-3-8(5-9)10(13)6-18(14,15)7-11(12)17/h2-5H,6-7H2,1H3,(H2,12,17). The van der Waals surface area contributed by atoms with Gasteiger partial charge < -0.3 is 10.5 Å². The number of ether oxygens (including phenoxy) is 1. The van der Waals surface area contributed by atoms with Gasteiger partial charge >= 0.3 is 0 Å². The molecule has 0 radical (unpaired) electrons. The van der Waals surface area contributed by atoms with Crippen molar-refractivity contribution < 1.29 is 17.9 Å². The number of methoxy groups -OCH3 is 1. The van der Waals surface area contributed by atoms with E-state index in [0.29, 0.717) is 5.75 Å². The molecule has 0 saturated carbocycles. The first-order chi connectivity index (χ1) is 8.34. The predicted molar refractivity (Wildman–Crippen MR) is 72.8 cm³/mol. The molecule has 0 unspecified atom stereocenters. The highest BCUT2D eigenvalue weighted by atomic mass is 32.2. The van der Waals surface area contributed by atoms with Crippen LogP contribution in [0.1, 0.15) is 10.4 Å². The van der Waals surface area contributed by atoms with Crippen LogP contribution >= 0.6 is 12.2 Å². The van der Waals surface area contributed by atoms with E-state index < -0.39 is 27.1 Å². The smallest absolute Gasteiger partial charge is 0.178 e. The molecule has 0 aromatic heterocycles. The summed E-state index contributed by atoms with van der Waals surface area (Å²) in [6, 6.07) is 6.30. The third kappa shape index (κ3) is 4.42. The number of sulfone groups is 1. The fraction of sp³-hybridized carbons (Fsp3) is 0.273. The maximum absolute atomic E-state index is 11.8. The Labute approximate surface area is 111 Å². The van der Waals surface area contributed by atoms with Crippen LogP contribution in [-0.4, -0.2) is 37.8 Å². The molecule has 0 amide bonds. The van der Waals surface area contributed by atoms with E-state index in [1.807, 2.05) is 0 Å². The Hall–Kier alpha value is -1.47. The van der Waals surface area contributed by atoms with Gasteiger partial charge in [0.05, 0.1) is 12.1 Å². The minimum Gasteiger partial charge on any atom is -0.497 e. The normalized spacial score (nSPS) is 10.9. The van der Waals surface area contributed by atoms with Crippen molar-refractivity contribution in [2.24, 2.45) is 5.73 Å². The maximum atomic E-state index is 11.8. The van der Waals surface area contributed by atoms with Gasteiger partial charge in [0.2, 0.25) is 0 Å². The Bertz CT molecular complexity index is 566. The van der Waals surface area contributed by atoms with Crippen molar-refractivity contribution in [3.05, 3.63) is 29.8 Å². The van der Waals surface area contributed by atoms with Gasteiger partial charge in [-0.15, -0.1) is 0 Å². The molecule has 0 bridgehead atoms. The van der Waals surface area contributed by atoms with Gasteiger partial charge in [-0.2, -0.15) is 0 Å². The van der Waals surface area contributed by atoms with Gasteiger partial charge in [0.15, 0.2) is 15.6 Å². The molecule has 2 N–H and O–H groups in total. The number of ketones is 1. The second-order valence-electron chi connectivity index (χ2n) is 3.65. The number of hydrogen-bond donors (Lipinski definition) is 1. The van der Waals surface area contributed by atoms with Crippen molar-refractivity contribution in [2.45, 2.75) is 0 Å². The lowest BCUT2D eigenvalue weighted by Crippen LogP contribution is -2.26. The van der Waals surface area contributed by atoms with Crippen LogP contribution in [0, 0.1) is 0 Å². The summed E-state index contributed by atoms with van der Waals surface area (Å²) in [4.78, 5) is 11.6. The first-order valence-corrected chi connectivity index (χ1v) is 7.23. The molecule has 0 aliphatic rings. The second-order valence-corrected chi connectivity index (χ2v) is 6.24. The summed E-state index contributed by atoms with van der Waals surface area (Å²) in [6.07, 6.45) is 0. The number of hydrogen-bond acceptors (Lipinski definition) is 5. The van der Waals surface area contributed by atoms with Gasteiger partial charge in [-0.05, 0) is 12.1 Å². The number of rotatable bonds is 6. The summed E-state index contributed by atoms with van der Waals surface area (Å²) in [5, 5.41) is 0. The molecule has 1 aromatic carbocycles. The van der Waals surface area contributed by atoms with E-state index >= 15 is 0 Å². The molecule has 98 valence electrons. The lowest BCUT2D eigenvalue weighted by Gasteiger charge is -2.04. The van der Waals surface area contributed by atoms with E-state index in [4.69, 9.17) is 10.5 Å². The van der Waals surface area contributed by atoms with Gasteiger partial charge in [-0.25, -0.2) is 8.42 Å². The van der Waals surface area contributed by atoms with Gasteiger partial charge in [-0.3, -0.25) is 4.79 Å². The zero-order chi connectivity index (χ0) is 13.8. The predicted octanol–water partition coefficient (Wildman–Crippen LogP) is 0.579. The minimum atomic E-state index is -3.60. The van der Waals surface area contributed by atoms with Gasteiger partial charge in [0.1, 0.15) is 17.3 Å². The van der Waals surface area contributed by atoms with Crippen molar-refractivity contribution >= 4 is 32.8 Å². The van der Waals surface area contributed by atoms with E-state index in [9.17, 15) is 13.2 Å². The molecule has 0 fully saturated rings. The van der Waals surface area contributed by atoms with Crippen molar-refractivity contribution in [1.29, 1.82) is 0 Å². The van der Waals surface area contributed by atoms with Crippen LogP contribution < -0.4 is 10.5 Å². The van der Waals surface area contributed by atoms with Gasteiger partial charge in [-0.1, -0.05) is 24.4 Å². The number of nitrogens with two attached hydrogens (primary N) is 1. The third-order valence-electron chi connectivity index (χ3n) is 2.10. The zero-order valence-electron chi connectivity index (χ0n) is 9.75. The summed E-state index contributed by atoms with van der Waals surface area (Å²) in [5.41, 5.74) is 5.44. The van der Waals surface area contributed by atoms with Crippen LogP contribution in [0.25, 0.3) is 0 Å². The highest BCUT2D eigenvalue weighted by Crippen LogP contribution is 2.13. The Morgan fingerprint density at radius 1 is 1.39 bits per heavy atom. The number of Topliss-reactive ketones (excluding diaryl/α,β-unsaturated/α-hetero) is 1. The number of carbonyl (C=O) groups excluding carboxylic acids is 1. The molecule has 0 aliphatic carbocycles. The summed E-state index contributed by atoms with van der Waals surface area (Å²) in [7, 11) is -2.14. The highest BCUT2D eigenvalue weighted by molar-refractivity contribution is 7.94. The summed E-state index contributed by atoms with van der Waals surface area (Å²) >= 11 is 4.52. The van der Waals surface area contributed by atoms with E-state index in [1.54, 1.807) is 12.1 Å². The molecule has 0 atom stereocenters. The topological polar surface area (TPSA) is 86.5 Å².